The molecule has 6 heteroatoms. The van der Waals surface area contributed by atoms with Gasteiger partial charge in [-0.15, -0.1) is 0 Å². The number of rotatable bonds is 8. The van der Waals surface area contributed by atoms with Crippen molar-refractivity contribution in [3.8, 4) is 11.5 Å². The van der Waals surface area contributed by atoms with Gasteiger partial charge >= 0.3 is 0 Å². The average Bonchev–Trinajstić information content (AvgIpc) is 2.45. The highest BCUT2D eigenvalue weighted by molar-refractivity contribution is 5.95. The Morgan fingerprint density at radius 3 is 2.30 bits per heavy atom. The monoisotopic (exact) mass is 282 g/mol. The zero-order chi connectivity index (χ0) is 15.0. The minimum absolute atomic E-state index is 0.193. The lowest BCUT2D eigenvalue weighted by Crippen LogP contribution is -2.34. The number of hydrogen-bond acceptors (Lipinski definition) is 5. The van der Waals surface area contributed by atoms with Gasteiger partial charge in [-0.05, 0) is 19.1 Å². The van der Waals surface area contributed by atoms with Crippen LogP contribution in [0, 0.1) is 0 Å². The van der Waals surface area contributed by atoms with E-state index in [1.807, 2.05) is 0 Å². The summed E-state index contributed by atoms with van der Waals surface area (Å²) in [5.41, 5.74) is 0.483. The van der Waals surface area contributed by atoms with Gasteiger partial charge in [-0.25, -0.2) is 0 Å². The summed E-state index contributed by atoms with van der Waals surface area (Å²) in [6.07, 6.45) is -0.395. The molecule has 0 aliphatic heterocycles. The smallest absolute Gasteiger partial charge is 0.251 e. The molecule has 112 valence electrons. The number of amides is 1. The summed E-state index contributed by atoms with van der Waals surface area (Å²) in [5.74, 6) is 0.949. The highest BCUT2D eigenvalue weighted by Gasteiger charge is 2.09. The molecule has 0 saturated heterocycles. The van der Waals surface area contributed by atoms with Crippen LogP contribution in [-0.4, -0.2) is 51.0 Å². The van der Waals surface area contributed by atoms with Gasteiger partial charge in [-0.1, -0.05) is 0 Å². The van der Waals surface area contributed by atoms with Gasteiger partial charge in [-0.2, -0.15) is 0 Å². The minimum Gasteiger partial charge on any atom is -0.497 e. The van der Waals surface area contributed by atoms with Crippen LogP contribution in [0.1, 0.15) is 17.3 Å². The Bertz CT molecular complexity index is 413. The van der Waals surface area contributed by atoms with Gasteiger partial charge in [0.15, 0.2) is 0 Å². The molecule has 1 rings (SSSR count). The van der Waals surface area contributed by atoms with Crippen LogP contribution >= 0.6 is 0 Å². The standard InChI is InChI=1S/C14H22N2O4/c1-10(17)9-15-4-5-16-14(18)11-6-12(19-2)8-13(7-11)20-3/h6-8,10,15,17H,4-5,9H2,1-3H3,(H,16,18). The Morgan fingerprint density at radius 2 is 1.80 bits per heavy atom. The maximum absolute atomic E-state index is 12.0. The van der Waals surface area contributed by atoms with Crippen LogP contribution in [0.3, 0.4) is 0 Å². The quantitative estimate of drug-likeness (QED) is 0.602. The molecule has 0 aromatic heterocycles. The van der Waals surface area contributed by atoms with E-state index >= 15 is 0 Å². The number of methoxy groups -OCH3 is 2. The molecule has 0 bridgehead atoms. The van der Waals surface area contributed by atoms with E-state index in [4.69, 9.17) is 14.6 Å². The molecule has 0 radical (unpaired) electrons. The third kappa shape index (κ3) is 5.46. The summed E-state index contributed by atoms with van der Waals surface area (Å²) in [5, 5.41) is 14.9. The van der Waals surface area contributed by atoms with Crippen LogP contribution in [-0.2, 0) is 0 Å². The molecule has 20 heavy (non-hydrogen) atoms. The third-order valence-electron chi connectivity index (χ3n) is 2.64. The first-order valence-corrected chi connectivity index (χ1v) is 6.47. The molecular weight excluding hydrogens is 260 g/mol. The molecule has 0 spiro atoms. The Hall–Kier alpha value is -1.79. The van der Waals surface area contributed by atoms with E-state index in [2.05, 4.69) is 10.6 Å². The van der Waals surface area contributed by atoms with Crippen molar-refractivity contribution in [2.24, 2.45) is 0 Å². The summed E-state index contributed by atoms with van der Waals surface area (Å²) >= 11 is 0. The van der Waals surface area contributed by atoms with Crippen molar-refractivity contribution in [3.63, 3.8) is 0 Å². The predicted molar refractivity (Wildman–Crippen MR) is 76.4 cm³/mol. The second-order valence-electron chi connectivity index (χ2n) is 4.41. The van der Waals surface area contributed by atoms with Crippen LogP contribution in [0.5, 0.6) is 11.5 Å². The number of benzene rings is 1. The number of ether oxygens (including phenoxy) is 2. The fourth-order valence-corrected chi connectivity index (χ4v) is 1.62. The number of carbonyl (C=O) groups is 1. The van der Waals surface area contributed by atoms with Gasteiger partial charge in [0.25, 0.3) is 5.91 Å². The van der Waals surface area contributed by atoms with E-state index in [1.165, 1.54) is 14.2 Å². The Morgan fingerprint density at radius 1 is 1.20 bits per heavy atom. The molecule has 0 fully saturated rings. The predicted octanol–water partition coefficient (Wildman–Crippen LogP) is 0.404. The first kappa shape index (κ1) is 16.3. The fraction of sp³-hybridized carbons (Fsp3) is 0.500. The molecule has 0 aliphatic rings. The van der Waals surface area contributed by atoms with Gasteiger partial charge < -0.3 is 25.2 Å². The molecule has 0 saturated carbocycles. The van der Waals surface area contributed by atoms with Crippen LogP contribution < -0.4 is 20.1 Å². The number of nitrogens with one attached hydrogen (secondary N) is 2. The largest absolute Gasteiger partial charge is 0.497 e. The van der Waals surface area contributed by atoms with Crippen molar-refractivity contribution < 1.29 is 19.4 Å². The lowest BCUT2D eigenvalue weighted by atomic mass is 10.2. The lowest BCUT2D eigenvalue weighted by molar-refractivity contribution is 0.0953. The van der Waals surface area contributed by atoms with Crippen molar-refractivity contribution in [1.82, 2.24) is 10.6 Å². The summed E-state index contributed by atoms with van der Waals surface area (Å²) in [4.78, 5) is 12.0. The summed E-state index contributed by atoms with van der Waals surface area (Å²) in [7, 11) is 3.08. The van der Waals surface area contributed by atoms with Gasteiger partial charge in [-0.3, -0.25) is 4.79 Å². The van der Waals surface area contributed by atoms with E-state index in [0.717, 1.165) is 0 Å². The van der Waals surface area contributed by atoms with E-state index in [-0.39, 0.29) is 5.91 Å². The number of aliphatic hydroxyl groups is 1. The SMILES string of the molecule is COc1cc(OC)cc(C(=O)NCCNCC(C)O)c1. The number of hydrogen-bond donors (Lipinski definition) is 3. The summed E-state index contributed by atoms with van der Waals surface area (Å²) < 4.78 is 10.2. The number of carbonyl (C=O) groups excluding carboxylic acids is 1. The lowest BCUT2D eigenvalue weighted by Gasteiger charge is -2.10. The fourth-order valence-electron chi connectivity index (χ4n) is 1.62. The molecule has 3 N–H and O–H groups in total. The molecule has 1 amide bonds. The van der Waals surface area contributed by atoms with Crippen molar-refractivity contribution in [3.05, 3.63) is 23.8 Å². The summed E-state index contributed by atoms with van der Waals surface area (Å²) in [6.45, 7) is 3.28. The highest BCUT2D eigenvalue weighted by atomic mass is 16.5. The molecule has 1 atom stereocenters. The minimum atomic E-state index is -0.395. The normalized spacial score (nSPS) is 11.8. The van der Waals surface area contributed by atoms with Crippen LogP contribution in [0.15, 0.2) is 18.2 Å². The zero-order valence-corrected chi connectivity index (χ0v) is 12.1. The maximum atomic E-state index is 12.0. The molecule has 0 aliphatic carbocycles. The average molecular weight is 282 g/mol. The van der Waals surface area contributed by atoms with E-state index in [1.54, 1.807) is 25.1 Å². The molecule has 1 unspecified atom stereocenters. The first-order valence-electron chi connectivity index (χ1n) is 6.47. The van der Waals surface area contributed by atoms with E-state index in [0.29, 0.717) is 36.7 Å². The molecule has 6 nitrogen and oxygen atoms in total. The van der Waals surface area contributed by atoms with Gasteiger partial charge in [0.05, 0.1) is 20.3 Å². The van der Waals surface area contributed by atoms with Gasteiger partial charge in [0.2, 0.25) is 0 Å². The highest BCUT2D eigenvalue weighted by Crippen LogP contribution is 2.22. The zero-order valence-electron chi connectivity index (χ0n) is 12.1. The van der Waals surface area contributed by atoms with Gasteiger partial charge in [0, 0.05) is 31.3 Å². The molecule has 1 aromatic carbocycles. The first-order chi connectivity index (χ1) is 9.56. The van der Waals surface area contributed by atoms with Crippen molar-refractivity contribution >= 4 is 5.91 Å². The third-order valence-corrected chi connectivity index (χ3v) is 2.64. The second-order valence-corrected chi connectivity index (χ2v) is 4.41. The Kier molecular flexibility index (Phi) is 6.83. The maximum Gasteiger partial charge on any atom is 0.251 e. The Labute approximate surface area is 119 Å². The van der Waals surface area contributed by atoms with Crippen LogP contribution in [0.4, 0.5) is 0 Å². The Balaban J connectivity index is 2.50. The van der Waals surface area contributed by atoms with E-state index < -0.39 is 6.10 Å². The second kappa shape index (κ2) is 8.39. The van der Waals surface area contributed by atoms with Crippen molar-refractivity contribution in [1.29, 1.82) is 0 Å². The summed E-state index contributed by atoms with van der Waals surface area (Å²) in [6, 6.07) is 5.02. The molecule has 1 aromatic rings. The molecule has 0 heterocycles. The van der Waals surface area contributed by atoms with Crippen molar-refractivity contribution in [2.75, 3.05) is 33.9 Å². The number of aliphatic hydroxyl groups excluding tert-OH is 1. The molecular formula is C14H22N2O4. The van der Waals surface area contributed by atoms with E-state index in [9.17, 15) is 4.79 Å². The van der Waals surface area contributed by atoms with Crippen molar-refractivity contribution in [2.45, 2.75) is 13.0 Å². The van der Waals surface area contributed by atoms with Gasteiger partial charge in [0.1, 0.15) is 11.5 Å². The van der Waals surface area contributed by atoms with Crippen LogP contribution in [0.25, 0.3) is 0 Å². The topological polar surface area (TPSA) is 79.8 Å². The van der Waals surface area contributed by atoms with Crippen LogP contribution in [0.2, 0.25) is 0 Å².